The van der Waals surface area contributed by atoms with Crippen LogP contribution in [0.3, 0.4) is 0 Å². The van der Waals surface area contributed by atoms with E-state index >= 15 is 0 Å². The van der Waals surface area contributed by atoms with Crippen LogP contribution < -0.4 is 5.32 Å². The van der Waals surface area contributed by atoms with Crippen molar-refractivity contribution in [2.45, 2.75) is 26.2 Å². The lowest BCUT2D eigenvalue weighted by atomic mass is 9.88. The highest BCUT2D eigenvalue weighted by atomic mass is 16.3. The number of nitrogens with one attached hydrogen (secondary N) is 1. The first-order valence-corrected chi connectivity index (χ1v) is 12.6. The molecule has 0 saturated heterocycles. The number of phenolic OH excluding ortho intramolecular Hbond substituents is 1. The maximum absolute atomic E-state index is 11.2. The van der Waals surface area contributed by atoms with Crippen LogP contribution in [0.4, 0.5) is 11.4 Å². The van der Waals surface area contributed by atoms with Crippen molar-refractivity contribution in [1.29, 1.82) is 0 Å². The molecule has 4 aromatic rings. The number of rotatable bonds is 5. The molecule has 0 saturated carbocycles. The molecule has 0 fully saturated rings. The number of allylic oxidation sites excluding steroid dienone is 8. The molecule has 3 heteroatoms. The third-order valence-corrected chi connectivity index (χ3v) is 7.25. The van der Waals surface area contributed by atoms with E-state index < -0.39 is 0 Å². The molecule has 36 heavy (non-hydrogen) atoms. The molecule has 2 aliphatic carbocycles. The standard InChI is InChI=1S/C33H29NO2/c1-3-22-11-4-5-12-23(22)19-21(2)32-26-15-7-6-13-24(26)29(20-30(32)35)34-28-17-10-16-27-25-14-8-9-18-31(25)36-33(27)28/h4-7,9-13,15-20,22,34-35H,2-3,8,14H2,1H3/b23-19-. The monoisotopic (exact) mass is 471 g/mol. The van der Waals surface area contributed by atoms with Crippen LogP contribution in [0.1, 0.15) is 36.7 Å². The fraction of sp³-hybridized carbons (Fsp3) is 0.152. The van der Waals surface area contributed by atoms with Gasteiger partial charge in [-0.25, -0.2) is 0 Å². The van der Waals surface area contributed by atoms with Crippen molar-refractivity contribution in [2.24, 2.45) is 5.92 Å². The minimum absolute atomic E-state index is 0.204. The number of aromatic hydroxyl groups is 1. The quantitative estimate of drug-likeness (QED) is 0.305. The summed E-state index contributed by atoms with van der Waals surface area (Å²) < 4.78 is 6.26. The third-order valence-electron chi connectivity index (χ3n) is 7.25. The molecular weight excluding hydrogens is 442 g/mol. The first-order valence-electron chi connectivity index (χ1n) is 12.6. The van der Waals surface area contributed by atoms with Crippen molar-refractivity contribution in [3.8, 4) is 5.75 Å². The van der Waals surface area contributed by atoms with Gasteiger partial charge in [0.05, 0.1) is 11.4 Å². The highest BCUT2D eigenvalue weighted by Gasteiger charge is 2.19. The summed E-state index contributed by atoms with van der Waals surface area (Å²) in [5.74, 6) is 1.50. The van der Waals surface area contributed by atoms with Crippen molar-refractivity contribution in [3.63, 3.8) is 0 Å². The SMILES string of the molecule is C=C(/C=C1/C=CC=CC1CC)c1c(O)cc(Nc2cccc3c4c(oc23)C=CCC4)c2ccccc12. The zero-order valence-electron chi connectivity index (χ0n) is 20.4. The Labute approximate surface area is 211 Å². The average Bonchev–Trinajstić information content (AvgIpc) is 3.29. The van der Waals surface area contributed by atoms with Gasteiger partial charge in [0.15, 0.2) is 5.58 Å². The van der Waals surface area contributed by atoms with Crippen molar-refractivity contribution >= 4 is 44.8 Å². The number of fused-ring (bicyclic) bond motifs is 4. The van der Waals surface area contributed by atoms with Crippen LogP contribution in [0.15, 0.2) is 102 Å². The molecule has 6 rings (SSSR count). The Bertz CT molecular complexity index is 1630. The molecule has 178 valence electrons. The minimum Gasteiger partial charge on any atom is -0.507 e. The van der Waals surface area contributed by atoms with Crippen LogP contribution >= 0.6 is 0 Å². The van der Waals surface area contributed by atoms with Gasteiger partial charge in [-0.3, -0.25) is 0 Å². The zero-order chi connectivity index (χ0) is 24.6. The third kappa shape index (κ3) is 3.77. The van der Waals surface area contributed by atoms with Crippen LogP contribution in [-0.4, -0.2) is 5.11 Å². The van der Waals surface area contributed by atoms with Crippen molar-refractivity contribution in [1.82, 2.24) is 0 Å². The molecule has 0 bridgehead atoms. The molecular formula is C33H29NO2. The lowest BCUT2D eigenvalue weighted by Gasteiger charge is -2.18. The second kappa shape index (κ2) is 9.09. The molecule has 1 unspecified atom stereocenters. The lowest BCUT2D eigenvalue weighted by molar-refractivity contribution is 0.475. The van der Waals surface area contributed by atoms with E-state index in [1.165, 1.54) is 11.1 Å². The van der Waals surface area contributed by atoms with Gasteiger partial charge in [-0.1, -0.05) is 86.4 Å². The van der Waals surface area contributed by atoms with E-state index in [0.29, 0.717) is 5.92 Å². The second-order valence-electron chi connectivity index (χ2n) is 9.49. The van der Waals surface area contributed by atoms with Gasteiger partial charge in [0, 0.05) is 33.9 Å². The van der Waals surface area contributed by atoms with Gasteiger partial charge in [-0.05, 0) is 47.9 Å². The van der Waals surface area contributed by atoms with E-state index in [9.17, 15) is 5.11 Å². The summed E-state index contributed by atoms with van der Waals surface area (Å²) in [5.41, 5.74) is 6.60. The summed E-state index contributed by atoms with van der Waals surface area (Å²) in [5, 5.41) is 17.9. The highest BCUT2D eigenvalue weighted by Crippen LogP contribution is 2.42. The maximum Gasteiger partial charge on any atom is 0.158 e. The Morgan fingerprint density at radius 1 is 1.06 bits per heavy atom. The van der Waals surface area contributed by atoms with Gasteiger partial charge in [0.25, 0.3) is 0 Å². The zero-order valence-corrected chi connectivity index (χ0v) is 20.4. The summed E-state index contributed by atoms with van der Waals surface area (Å²) >= 11 is 0. The Hall–Kier alpha value is -4.24. The van der Waals surface area contributed by atoms with Crippen LogP contribution in [0.5, 0.6) is 5.75 Å². The number of anilines is 2. The molecule has 3 nitrogen and oxygen atoms in total. The number of aryl methyl sites for hydroxylation is 1. The Morgan fingerprint density at radius 2 is 1.89 bits per heavy atom. The van der Waals surface area contributed by atoms with Gasteiger partial charge in [0.1, 0.15) is 11.5 Å². The number of phenols is 1. The van der Waals surface area contributed by atoms with Crippen molar-refractivity contribution < 1.29 is 9.52 Å². The molecule has 0 aliphatic heterocycles. The van der Waals surface area contributed by atoms with Crippen molar-refractivity contribution in [3.05, 3.63) is 114 Å². The van der Waals surface area contributed by atoms with E-state index in [4.69, 9.17) is 4.42 Å². The summed E-state index contributed by atoms with van der Waals surface area (Å²) in [6.45, 7) is 6.54. The highest BCUT2D eigenvalue weighted by molar-refractivity contribution is 6.06. The van der Waals surface area contributed by atoms with E-state index in [2.05, 4.69) is 79.6 Å². The van der Waals surface area contributed by atoms with E-state index in [0.717, 1.165) is 69.3 Å². The molecule has 1 heterocycles. The fourth-order valence-electron chi connectivity index (χ4n) is 5.44. The van der Waals surface area contributed by atoms with Gasteiger partial charge in [0.2, 0.25) is 0 Å². The van der Waals surface area contributed by atoms with Crippen LogP contribution in [-0.2, 0) is 6.42 Å². The van der Waals surface area contributed by atoms with E-state index in [1.54, 1.807) is 6.07 Å². The molecule has 2 aliphatic rings. The number of para-hydroxylation sites is 1. The minimum atomic E-state index is 0.204. The predicted octanol–water partition coefficient (Wildman–Crippen LogP) is 9.09. The maximum atomic E-state index is 11.2. The molecule has 2 N–H and O–H groups in total. The van der Waals surface area contributed by atoms with Gasteiger partial charge >= 0.3 is 0 Å². The molecule has 0 amide bonds. The predicted molar refractivity (Wildman–Crippen MR) is 152 cm³/mol. The van der Waals surface area contributed by atoms with Crippen LogP contribution in [0.2, 0.25) is 0 Å². The largest absolute Gasteiger partial charge is 0.507 e. The van der Waals surface area contributed by atoms with Crippen molar-refractivity contribution in [2.75, 3.05) is 5.32 Å². The topological polar surface area (TPSA) is 45.4 Å². The summed E-state index contributed by atoms with van der Waals surface area (Å²) in [6.07, 6.45) is 17.9. The van der Waals surface area contributed by atoms with E-state index in [-0.39, 0.29) is 5.75 Å². The van der Waals surface area contributed by atoms with Crippen LogP contribution in [0.25, 0.3) is 33.4 Å². The first-order chi connectivity index (χ1) is 17.6. The van der Waals surface area contributed by atoms with E-state index in [1.807, 2.05) is 24.3 Å². The average molecular weight is 472 g/mol. The molecule has 0 spiro atoms. The Morgan fingerprint density at radius 3 is 2.75 bits per heavy atom. The number of hydrogen-bond acceptors (Lipinski definition) is 3. The smallest absolute Gasteiger partial charge is 0.158 e. The normalized spacial score (nSPS) is 17.7. The Kier molecular flexibility index (Phi) is 5.61. The first kappa shape index (κ1) is 22.2. The van der Waals surface area contributed by atoms with Gasteiger partial charge in [-0.2, -0.15) is 0 Å². The number of furan rings is 1. The molecule has 1 atom stereocenters. The van der Waals surface area contributed by atoms with Crippen LogP contribution in [0, 0.1) is 5.92 Å². The number of benzene rings is 3. The fourth-order valence-corrected chi connectivity index (χ4v) is 5.44. The second-order valence-corrected chi connectivity index (χ2v) is 9.49. The number of hydrogen-bond donors (Lipinski definition) is 2. The lowest BCUT2D eigenvalue weighted by Crippen LogP contribution is -2.01. The molecule has 0 radical (unpaired) electrons. The molecule has 3 aromatic carbocycles. The Balaban J connectivity index is 1.44. The summed E-state index contributed by atoms with van der Waals surface area (Å²) in [4.78, 5) is 0. The van der Waals surface area contributed by atoms with Gasteiger partial charge < -0.3 is 14.8 Å². The molecule has 1 aromatic heterocycles. The summed E-state index contributed by atoms with van der Waals surface area (Å²) in [7, 11) is 0. The summed E-state index contributed by atoms with van der Waals surface area (Å²) in [6, 6.07) is 16.2. The van der Waals surface area contributed by atoms with Gasteiger partial charge in [-0.15, -0.1) is 0 Å².